The SMILES string of the molecule is COC(=O)c1ccc(NC(=O)C(c2ccccc2)c2ccccc2)nc1. The molecule has 3 rings (SSSR count). The Balaban J connectivity index is 1.85. The van der Waals surface area contributed by atoms with Gasteiger partial charge < -0.3 is 10.1 Å². The van der Waals surface area contributed by atoms with Crippen molar-refractivity contribution in [3.63, 3.8) is 0 Å². The van der Waals surface area contributed by atoms with Crippen LogP contribution >= 0.6 is 0 Å². The monoisotopic (exact) mass is 346 g/mol. The third-order valence-corrected chi connectivity index (χ3v) is 3.96. The summed E-state index contributed by atoms with van der Waals surface area (Å²) in [7, 11) is 1.31. The van der Waals surface area contributed by atoms with E-state index in [1.165, 1.54) is 13.3 Å². The predicted molar refractivity (Wildman–Crippen MR) is 98.9 cm³/mol. The lowest BCUT2D eigenvalue weighted by Gasteiger charge is -2.17. The summed E-state index contributed by atoms with van der Waals surface area (Å²) in [6.07, 6.45) is 1.38. The van der Waals surface area contributed by atoms with Crippen molar-refractivity contribution in [1.82, 2.24) is 4.98 Å². The highest BCUT2D eigenvalue weighted by molar-refractivity contribution is 5.97. The van der Waals surface area contributed by atoms with Gasteiger partial charge in [-0.25, -0.2) is 9.78 Å². The van der Waals surface area contributed by atoms with E-state index in [2.05, 4.69) is 15.0 Å². The lowest BCUT2D eigenvalue weighted by Crippen LogP contribution is -2.22. The van der Waals surface area contributed by atoms with Crippen molar-refractivity contribution >= 4 is 17.7 Å². The van der Waals surface area contributed by atoms with E-state index in [-0.39, 0.29) is 5.91 Å². The Morgan fingerprint density at radius 1 is 0.885 bits per heavy atom. The molecule has 1 aromatic heterocycles. The topological polar surface area (TPSA) is 68.3 Å². The number of ether oxygens (including phenoxy) is 1. The number of hydrogen-bond donors (Lipinski definition) is 1. The second-order valence-electron chi connectivity index (χ2n) is 5.67. The molecule has 1 N–H and O–H groups in total. The molecule has 130 valence electrons. The first kappa shape index (κ1) is 17.4. The third-order valence-electron chi connectivity index (χ3n) is 3.96. The molecule has 0 atom stereocenters. The van der Waals surface area contributed by atoms with E-state index in [1.54, 1.807) is 12.1 Å². The molecule has 0 saturated heterocycles. The molecule has 1 amide bonds. The summed E-state index contributed by atoms with van der Waals surface area (Å²) in [5.41, 5.74) is 2.11. The second-order valence-corrected chi connectivity index (χ2v) is 5.67. The lowest BCUT2D eigenvalue weighted by molar-refractivity contribution is -0.116. The van der Waals surface area contributed by atoms with Crippen LogP contribution in [0.3, 0.4) is 0 Å². The molecule has 1 heterocycles. The van der Waals surface area contributed by atoms with E-state index in [9.17, 15) is 9.59 Å². The first-order valence-electron chi connectivity index (χ1n) is 8.14. The number of benzene rings is 2. The zero-order valence-corrected chi connectivity index (χ0v) is 14.3. The quantitative estimate of drug-likeness (QED) is 0.716. The highest BCUT2D eigenvalue weighted by atomic mass is 16.5. The average molecular weight is 346 g/mol. The van der Waals surface area contributed by atoms with Crippen LogP contribution in [0.1, 0.15) is 27.4 Å². The Morgan fingerprint density at radius 2 is 1.46 bits per heavy atom. The number of rotatable bonds is 5. The van der Waals surface area contributed by atoms with Crippen LogP contribution in [0.25, 0.3) is 0 Å². The Bertz CT molecular complexity index is 839. The maximum atomic E-state index is 12.9. The summed E-state index contributed by atoms with van der Waals surface area (Å²) in [4.78, 5) is 28.5. The van der Waals surface area contributed by atoms with Crippen molar-refractivity contribution < 1.29 is 14.3 Å². The van der Waals surface area contributed by atoms with Crippen LogP contribution in [0.2, 0.25) is 0 Å². The van der Waals surface area contributed by atoms with Gasteiger partial charge in [0.05, 0.1) is 18.6 Å². The number of carbonyl (C=O) groups is 2. The number of nitrogens with zero attached hydrogens (tertiary/aromatic N) is 1. The van der Waals surface area contributed by atoms with E-state index in [0.29, 0.717) is 11.4 Å². The van der Waals surface area contributed by atoms with Crippen LogP contribution in [0.5, 0.6) is 0 Å². The van der Waals surface area contributed by atoms with Crippen LogP contribution in [-0.4, -0.2) is 24.0 Å². The van der Waals surface area contributed by atoms with Gasteiger partial charge in [-0.2, -0.15) is 0 Å². The van der Waals surface area contributed by atoms with Gasteiger partial charge in [0.25, 0.3) is 0 Å². The molecule has 0 spiro atoms. The van der Waals surface area contributed by atoms with Crippen molar-refractivity contribution in [2.45, 2.75) is 5.92 Å². The lowest BCUT2D eigenvalue weighted by atomic mass is 9.90. The van der Waals surface area contributed by atoms with Gasteiger partial charge >= 0.3 is 5.97 Å². The van der Waals surface area contributed by atoms with Crippen LogP contribution < -0.4 is 5.32 Å². The summed E-state index contributed by atoms with van der Waals surface area (Å²) in [6, 6.07) is 22.3. The Labute approximate surface area is 151 Å². The molecule has 2 aromatic carbocycles. The fourth-order valence-corrected chi connectivity index (χ4v) is 2.69. The molecule has 5 nitrogen and oxygen atoms in total. The molecule has 0 aliphatic heterocycles. The highest BCUT2D eigenvalue weighted by Crippen LogP contribution is 2.26. The number of anilines is 1. The van der Waals surface area contributed by atoms with E-state index < -0.39 is 11.9 Å². The standard InChI is InChI=1S/C21H18N2O3/c1-26-21(25)17-12-13-18(22-14-17)23-20(24)19(15-8-4-2-5-9-15)16-10-6-3-7-11-16/h2-14,19H,1H3,(H,22,23,24). The highest BCUT2D eigenvalue weighted by Gasteiger charge is 2.23. The molecule has 5 heteroatoms. The summed E-state index contributed by atoms with van der Waals surface area (Å²) in [6.45, 7) is 0. The zero-order chi connectivity index (χ0) is 18.4. The maximum Gasteiger partial charge on any atom is 0.339 e. The Morgan fingerprint density at radius 3 is 1.92 bits per heavy atom. The molecule has 0 radical (unpaired) electrons. The fourth-order valence-electron chi connectivity index (χ4n) is 2.69. The molecule has 26 heavy (non-hydrogen) atoms. The minimum absolute atomic E-state index is 0.194. The van der Waals surface area contributed by atoms with Gasteiger partial charge in [-0.15, -0.1) is 0 Å². The van der Waals surface area contributed by atoms with Gasteiger partial charge in [0.1, 0.15) is 5.82 Å². The summed E-state index contributed by atoms with van der Waals surface area (Å²) in [5, 5.41) is 2.82. The Hall–Kier alpha value is -3.47. The van der Waals surface area contributed by atoms with Crippen molar-refractivity contribution in [3.8, 4) is 0 Å². The largest absolute Gasteiger partial charge is 0.465 e. The molecular formula is C21H18N2O3. The number of esters is 1. The third kappa shape index (κ3) is 3.95. The molecule has 0 fully saturated rings. The van der Waals surface area contributed by atoms with E-state index >= 15 is 0 Å². The van der Waals surface area contributed by atoms with Crippen LogP contribution in [-0.2, 0) is 9.53 Å². The zero-order valence-electron chi connectivity index (χ0n) is 14.3. The van der Waals surface area contributed by atoms with Gasteiger partial charge in [-0.1, -0.05) is 60.7 Å². The molecule has 0 unspecified atom stereocenters. The smallest absolute Gasteiger partial charge is 0.339 e. The minimum Gasteiger partial charge on any atom is -0.465 e. The van der Waals surface area contributed by atoms with E-state index in [0.717, 1.165) is 11.1 Å². The van der Waals surface area contributed by atoms with Crippen LogP contribution in [0, 0.1) is 0 Å². The molecule has 0 saturated carbocycles. The van der Waals surface area contributed by atoms with Crippen molar-refractivity contribution in [1.29, 1.82) is 0 Å². The average Bonchev–Trinajstić information content (AvgIpc) is 2.70. The van der Waals surface area contributed by atoms with Gasteiger partial charge in [0, 0.05) is 6.20 Å². The summed E-state index contributed by atoms with van der Waals surface area (Å²) < 4.78 is 4.64. The fraction of sp³-hybridized carbons (Fsp3) is 0.0952. The van der Waals surface area contributed by atoms with Crippen molar-refractivity contribution in [2.75, 3.05) is 12.4 Å². The van der Waals surface area contributed by atoms with Gasteiger partial charge in [-0.05, 0) is 23.3 Å². The van der Waals surface area contributed by atoms with Gasteiger partial charge in [0.2, 0.25) is 5.91 Å². The van der Waals surface area contributed by atoms with Gasteiger partial charge in [-0.3, -0.25) is 4.79 Å². The maximum absolute atomic E-state index is 12.9. The molecule has 0 bridgehead atoms. The number of carbonyl (C=O) groups excluding carboxylic acids is 2. The first-order valence-corrected chi connectivity index (χ1v) is 8.14. The van der Waals surface area contributed by atoms with Crippen LogP contribution in [0.4, 0.5) is 5.82 Å². The van der Waals surface area contributed by atoms with Crippen molar-refractivity contribution in [3.05, 3.63) is 95.7 Å². The number of hydrogen-bond acceptors (Lipinski definition) is 4. The number of pyridine rings is 1. The molecular weight excluding hydrogens is 328 g/mol. The van der Waals surface area contributed by atoms with E-state index in [1.807, 2.05) is 60.7 Å². The van der Waals surface area contributed by atoms with Crippen molar-refractivity contribution in [2.24, 2.45) is 0 Å². The number of methoxy groups -OCH3 is 1. The molecule has 0 aliphatic rings. The second kappa shape index (κ2) is 8.07. The summed E-state index contributed by atoms with van der Waals surface area (Å²) >= 11 is 0. The normalized spacial score (nSPS) is 10.4. The molecule has 3 aromatic rings. The number of aromatic nitrogens is 1. The van der Waals surface area contributed by atoms with E-state index in [4.69, 9.17) is 0 Å². The Kier molecular flexibility index (Phi) is 5.39. The first-order chi connectivity index (χ1) is 12.7. The predicted octanol–water partition coefficient (Wildman–Crippen LogP) is 3.64. The number of nitrogens with one attached hydrogen (secondary N) is 1. The van der Waals surface area contributed by atoms with Gasteiger partial charge in [0.15, 0.2) is 0 Å². The number of amides is 1. The summed E-state index contributed by atoms with van der Waals surface area (Å²) in [5.74, 6) is -0.749. The molecule has 0 aliphatic carbocycles. The minimum atomic E-state index is -0.471. The van der Waals surface area contributed by atoms with Crippen LogP contribution in [0.15, 0.2) is 79.0 Å².